The van der Waals surface area contributed by atoms with Crippen LogP contribution in [0, 0.1) is 0 Å². The summed E-state index contributed by atoms with van der Waals surface area (Å²) in [5.41, 5.74) is 6.04. The fourth-order valence-corrected chi connectivity index (χ4v) is 3.29. The summed E-state index contributed by atoms with van der Waals surface area (Å²) in [4.78, 5) is 8.56. The first kappa shape index (κ1) is 27.4. The molecule has 4 nitrogen and oxygen atoms in total. The minimum Gasteiger partial charge on any atom is -0.450 e. The van der Waals surface area contributed by atoms with E-state index in [1.807, 2.05) is 0 Å². The zero-order valence-corrected chi connectivity index (χ0v) is 17.7. The number of nitrogens with two attached hydrogens (primary N) is 1. The van der Waals surface area contributed by atoms with Gasteiger partial charge >= 0.3 is 6.16 Å². The Kier molecular flexibility index (Phi) is 25.6. The van der Waals surface area contributed by atoms with Crippen molar-refractivity contribution in [3.63, 3.8) is 0 Å². The maximum atomic E-state index is 8.56. The van der Waals surface area contributed by atoms with Gasteiger partial charge in [0.1, 0.15) is 0 Å². The maximum absolute atomic E-state index is 8.56. The van der Waals surface area contributed by atoms with Gasteiger partial charge in [0.2, 0.25) is 0 Å². The van der Waals surface area contributed by atoms with Crippen LogP contribution in [0.4, 0.5) is 4.79 Å². The predicted molar refractivity (Wildman–Crippen MR) is 113 cm³/mol. The minimum absolute atomic E-state index is 0.465. The van der Waals surface area contributed by atoms with Crippen molar-refractivity contribution in [2.24, 2.45) is 5.73 Å². The summed E-state index contributed by atoms with van der Waals surface area (Å²) in [6, 6.07) is 0.465. The van der Waals surface area contributed by atoms with Crippen molar-refractivity contribution in [1.29, 1.82) is 0 Å². The van der Waals surface area contributed by atoms with E-state index in [-0.39, 0.29) is 0 Å². The summed E-state index contributed by atoms with van der Waals surface area (Å²) in [6.07, 6.45) is 23.5. The Balaban J connectivity index is 0. The Morgan fingerprint density at radius 1 is 0.615 bits per heavy atom. The average molecular weight is 374 g/mol. The minimum atomic E-state index is -1.83. The van der Waals surface area contributed by atoms with Crippen molar-refractivity contribution < 1.29 is 15.0 Å². The van der Waals surface area contributed by atoms with E-state index in [4.69, 9.17) is 20.7 Å². The molecule has 0 radical (unpaired) electrons. The van der Waals surface area contributed by atoms with Crippen molar-refractivity contribution in [3.8, 4) is 0 Å². The number of carbonyl (C=O) groups is 1. The van der Waals surface area contributed by atoms with Crippen molar-refractivity contribution in [2.75, 3.05) is 0 Å². The van der Waals surface area contributed by atoms with Gasteiger partial charge in [-0.05, 0) is 12.8 Å². The van der Waals surface area contributed by atoms with Crippen molar-refractivity contribution >= 4 is 6.16 Å². The first-order chi connectivity index (χ1) is 12.5. The topological polar surface area (TPSA) is 83.6 Å². The zero-order chi connectivity index (χ0) is 19.9. The molecule has 0 spiro atoms. The maximum Gasteiger partial charge on any atom is 0.503 e. The quantitative estimate of drug-likeness (QED) is 0.216. The van der Waals surface area contributed by atoms with Crippen molar-refractivity contribution in [1.82, 2.24) is 0 Å². The molecule has 0 aromatic carbocycles. The SMILES string of the molecule is CCCCCCCCCCCCCCCCCC(N)CCC.O=C(O)O. The Morgan fingerprint density at radius 2 is 0.923 bits per heavy atom. The fraction of sp³-hybridized carbons (Fsp3) is 0.955. The van der Waals surface area contributed by atoms with E-state index in [0.29, 0.717) is 6.04 Å². The van der Waals surface area contributed by atoms with E-state index in [0.717, 1.165) is 0 Å². The summed E-state index contributed by atoms with van der Waals surface area (Å²) < 4.78 is 0. The molecule has 0 aliphatic heterocycles. The van der Waals surface area contributed by atoms with Crippen LogP contribution in [0.5, 0.6) is 0 Å². The van der Waals surface area contributed by atoms with Crippen LogP contribution >= 0.6 is 0 Å². The van der Waals surface area contributed by atoms with Gasteiger partial charge in [0.05, 0.1) is 0 Å². The summed E-state index contributed by atoms with van der Waals surface area (Å²) in [7, 11) is 0. The molecule has 0 aliphatic carbocycles. The first-order valence-corrected chi connectivity index (χ1v) is 11.2. The molecule has 0 heterocycles. The third-order valence-electron chi connectivity index (χ3n) is 4.84. The van der Waals surface area contributed by atoms with Gasteiger partial charge in [-0.25, -0.2) is 4.79 Å². The predicted octanol–water partition coefficient (Wildman–Crippen LogP) is 7.60. The molecule has 0 bridgehead atoms. The van der Waals surface area contributed by atoms with E-state index >= 15 is 0 Å². The molecule has 4 N–H and O–H groups in total. The second kappa shape index (κ2) is 24.2. The van der Waals surface area contributed by atoms with Crippen LogP contribution in [-0.2, 0) is 0 Å². The zero-order valence-electron chi connectivity index (χ0n) is 17.7. The smallest absolute Gasteiger partial charge is 0.450 e. The van der Waals surface area contributed by atoms with E-state index in [9.17, 15) is 0 Å². The van der Waals surface area contributed by atoms with Crippen molar-refractivity contribution in [2.45, 2.75) is 135 Å². The molecule has 0 amide bonds. The Labute approximate surface area is 162 Å². The Morgan fingerprint density at radius 3 is 1.23 bits per heavy atom. The van der Waals surface area contributed by atoms with Gasteiger partial charge in [-0.2, -0.15) is 0 Å². The molecule has 0 saturated carbocycles. The lowest BCUT2D eigenvalue weighted by Crippen LogP contribution is -2.18. The lowest BCUT2D eigenvalue weighted by atomic mass is 10.0. The van der Waals surface area contributed by atoms with Crippen LogP contribution in [0.15, 0.2) is 0 Å². The number of unbranched alkanes of at least 4 members (excludes halogenated alkanes) is 14. The van der Waals surface area contributed by atoms with Crippen LogP contribution in [0.25, 0.3) is 0 Å². The molecule has 0 fully saturated rings. The largest absolute Gasteiger partial charge is 0.503 e. The lowest BCUT2D eigenvalue weighted by Gasteiger charge is -2.09. The van der Waals surface area contributed by atoms with Gasteiger partial charge in [-0.3, -0.25) is 0 Å². The Hall–Kier alpha value is -0.770. The first-order valence-electron chi connectivity index (χ1n) is 11.2. The second-order valence-electron chi connectivity index (χ2n) is 7.57. The third-order valence-corrected chi connectivity index (χ3v) is 4.84. The van der Waals surface area contributed by atoms with Crippen molar-refractivity contribution in [3.05, 3.63) is 0 Å². The molecule has 0 aromatic heterocycles. The summed E-state index contributed by atoms with van der Waals surface area (Å²) in [5, 5.41) is 13.9. The number of carboxylic acid groups (broad SMARTS) is 2. The highest BCUT2D eigenvalue weighted by Crippen LogP contribution is 2.14. The summed E-state index contributed by atoms with van der Waals surface area (Å²) in [6.45, 7) is 4.52. The Bertz CT molecular complexity index is 268. The molecular weight excluding hydrogens is 326 g/mol. The number of hydrogen-bond acceptors (Lipinski definition) is 2. The highest BCUT2D eigenvalue weighted by molar-refractivity contribution is 5.53. The second-order valence-corrected chi connectivity index (χ2v) is 7.57. The molecule has 0 aliphatic rings. The van der Waals surface area contributed by atoms with E-state index in [1.54, 1.807) is 0 Å². The van der Waals surface area contributed by atoms with Crippen LogP contribution in [-0.4, -0.2) is 22.4 Å². The molecule has 4 heteroatoms. The fourth-order valence-electron chi connectivity index (χ4n) is 3.29. The van der Waals surface area contributed by atoms with E-state index < -0.39 is 6.16 Å². The molecule has 0 saturated heterocycles. The average Bonchev–Trinajstić information content (AvgIpc) is 2.58. The van der Waals surface area contributed by atoms with Crippen LogP contribution < -0.4 is 5.73 Å². The van der Waals surface area contributed by atoms with Gasteiger partial charge in [0, 0.05) is 6.04 Å². The number of rotatable bonds is 18. The molecule has 1 atom stereocenters. The molecule has 0 aromatic rings. The molecule has 1 unspecified atom stereocenters. The normalized spacial score (nSPS) is 11.7. The molecule has 26 heavy (non-hydrogen) atoms. The van der Waals surface area contributed by atoms with Crippen LogP contribution in [0.1, 0.15) is 129 Å². The van der Waals surface area contributed by atoms with Gasteiger partial charge in [0.15, 0.2) is 0 Å². The van der Waals surface area contributed by atoms with Gasteiger partial charge < -0.3 is 15.9 Å². The molecule has 158 valence electrons. The standard InChI is InChI=1S/C21H45N.CH2O3/c1-3-5-6-7-8-9-10-11-12-13-14-15-16-17-18-20-21(22)19-4-2;2-1(3)4/h21H,3-20,22H2,1-2H3;(H2,2,3,4). The summed E-state index contributed by atoms with van der Waals surface area (Å²) in [5.74, 6) is 0. The van der Waals surface area contributed by atoms with Crippen LogP contribution in [0.2, 0.25) is 0 Å². The van der Waals surface area contributed by atoms with Gasteiger partial charge in [-0.15, -0.1) is 0 Å². The number of hydrogen-bond donors (Lipinski definition) is 3. The van der Waals surface area contributed by atoms with Crippen LogP contribution in [0.3, 0.4) is 0 Å². The molecule has 0 rings (SSSR count). The monoisotopic (exact) mass is 373 g/mol. The van der Waals surface area contributed by atoms with E-state index in [1.165, 1.54) is 116 Å². The highest BCUT2D eigenvalue weighted by Gasteiger charge is 2.00. The lowest BCUT2D eigenvalue weighted by molar-refractivity contribution is 0.137. The summed E-state index contributed by atoms with van der Waals surface area (Å²) >= 11 is 0. The highest BCUT2D eigenvalue weighted by atomic mass is 16.6. The van der Waals surface area contributed by atoms with Gasteiger partial charge in [0.25, 0.3) is 0 Å². The molecular formula is C22H47NO3. The van der Waals surface area contributed by atoms with E-state index in [2.05, 4.69) is 13.8 Å². The van der Waals surface area contributed by atoms with Gasteiger partial charge in [-0.1, -0.05) is 117 Å². The third kappa shape index (κ3) is 31.0.